The van der Waals surface area contributed by atoms with Crippen molar-refractivity contribution < 1.29 is 0 Å². The van der Waals surface area contributed by atoms with Crippen molar-refractivity contribution in [1.29, 1.82) is 0 Å². The maximum absolute atomic E-state index is 3.43. The maximum atomic E-state index is 3.43. The SMILES string of the molecule is Cc1ccc2cc(C3CCNC3)ccc2c1. The van der Waals surface area contributed by atoms with E-state index in [1.807, 2.05) is 0 Å². The van der Waals surface area contributed by atoms with Crippen molar-refractivity contribution in [3.05, 3.63) is 47.5 Å². The molecule has 3 rings (SSSR count). The molecule has 1 heterocycles. The topological polar surface area (TPSA) is 12.0 Å². The first-order chi connectivity index (χ1) is 7.83. The van der Waals surface area contributed by atoms with Crippen LogP contribution in [0.25, 0.3) is 10.8 Å². The van der Waals surface area contributed by atoms with Crippen molar-refractivity contribution in [1.82, 2.24) is 5.32 Å². The van der Waals surface area contributed by atoms with Gasteiger partial charge in [0.05, 0.1) is 0 Å². The lowest BCUT2D eigenvalue weighted by molar-refractivity contribution is 0.765. The van der Waals surface area contributed by atoms with Crippen LogP contribution in [-0.2, 0) is 0 Å². The highest BCUT2D eigenvalue weighted by molar-refractivity contribution is 5.83. The molecule has 0 bridgehead atoms. The molecule has 2 aromatic rings. The second-order valence-electron chi connectivity index (χ2n) is 4.80. The molecule has 0 saturated carbocycles. The summed E-state index contributed by atoms with van der Waals surface area (Å²) in [6, 6.07) is 13.6. The summed E-state index contributed by atoms with van der Waals surface area (Å²) < 4.78 is 0. The van der Waals surface area contributed by atoms with E-state index in [0.717, 1.165) is 13.1 Å². The standard InChI is InChI=1S/C15H17N/c1-11-2-3-13-9-14(5-4-12(13)8-11)15-6-7-16-10-15/h2-5,8-9,15-16H,6-7,10H2,1H3. The average Bonchev–Trinajstić information content (AvgIpc) is 2.82. The molecular weight excluding hydrogens is 194 g/mol. The Balaban J connectivity index is 2.05. The van der Waals surface area contributed by atoms with Crippen molar-refractivity contribution in [2.24, 2.45) is 0 Å². The van der Waals surface area contributed by atoms with Crippen molar-refractivity contribution in [2.75, 3.05) is 13.1 Å². The van der Waals surface area contributed by atoms with Crippen molar-refractivity contribution >= 4 is 10.8 Å². The summed E-state index contributed by atoms with van der Waals surface area (Å²) in [6.45, 7) is 4.45. The first-order valence-electron chi connectivity index (χ1n) is 6.04. The number of rotatable bonds is 1. The van der Waals surface area contributed by atoms with Gasteiger partial charge in [-0.05, 0) is 42.1 Å². The van der Waals surface area contributed by atoms with Gasteiger partial charge in [-0.2, -0.15) is 0 Å². The van der Waals surface area contributed by atoms with Crippen LogP contribution in [0, 0.1) is 6.92 Å². The average molecular weight is 211 g/mol. The van der Waals surface area contributed by atoms with E-state index in [4.69, 9.17) is 0 Å². The minimum atomic E-state index is 0.714. The van der Waals surface area contributed by atoms with Gasteiger partial charge >= 0.3 is 0 Å². The molecule has 1 aliphatic rings. The van der Waals surface area contributed by atoms with Gasteiger partial charge in [0.25, 0.3) is 0 Å². The molecule has 1 fully saturated rings. The molecule has 82 valence electrons. The fourth-order valence-electron chi connectivity index (χ4n) is 2.58. The third-order valence-electron chi connectivity index (χ3n) is 3.55. The van der Waals surface area contributed by atoms with Crippen LogP contribution < -0.4 is 5.32 Å². The Labute approximate surface area is 96.5 Å². The highest BCUT2D eigenvalue weighted by atomic mass is 14.9. The Morgan fingerprint density at radius 3 is 2.69 bits per heavy atom. The first-order valence-corrected chi connectivity index (χ1v) is 6.04. The predicted octanol–water partition coefficient (Wildman–Crippen LogP) is 3.23. The highest BCUT2D eigenvalue weighted by Gasteiger charge is 2.16. The monoisotopic (exact) mass is 211 g/mol. The van der Waals surface area contributed by atoms with Crippen LogP contribution in [-0.4, -0.2) is 13.1 Å². The Bertz CT molecular complexity index is 510. The van der Waals surface area contributed by atoms with Gasteiger partial charge in [-0.25, -0.2) is 0 Å². The van der Waals surface area contributed by atoms with Crippen molar-refractivity contribution in [2.45, 2.75) is 19.3 Å². The van der Waals surface area contributed by atoms with E-state index in [1.165, 1.54) is 28.3 Å². The van der Waals surface area contributed by atoms with Gasteiger partial charge in [-0.15, -0.1) is 0 Å². The van der Waals surface area contributed by atoms with Crippen molar-refractivity contribution in [3.8, 4) is 0 Å². The van der Waals surface area contributed by atoms with E-state index < -0.39 is 0 Å². The smallest absolute Gasteiger partial charge is 0.00206 e. The highest BCUT2D eigenvalue weighted by Crippen LogP contribution is 2.26. The van der Waals surface area contributed by atoms with Gasteiger partial charge in [-0.3, -0.25) is 0 Å². The fraction of sp³-hybridized carbons (Fsp3) is 0.333. The molecule has 1 heteroatoms. The normalized spacial score (nSPS) is 20.4. The number of benzene rings is 2. The van der Waals surface area contributed by atoms with Gasteiger partial charge < -0.3 is 5.32 Å². The Hall–Kier alpha value is -1.34. The van der Waals surface area contributed by atoms with Crippen LogP contribution in [0.4, 0.5) is 0 Å². The number of hydrogen-bond donors (Lipinski definition) is 1. The molecule has 16 heavy (non-hydrogen) atoms. The molecule has 1 aliphatic heterocycles. The lowest BCUT2D eigenvalue weighted by Crippen LogP contribution is -2.07. The fourth-order valence-corrected chi connectivity index (χ4v) is 2.58. The third kappa shape index (κ3) is 1.72. The molecule has 0 aromatic heterocycles. The zero-order valence-electron chi connectivity index (χ0n) is 9.66. The number of fused-ring (bicyclic) bond motifs is 1. The zero-order chi connectivity index (χ0) is 11.0. The summed E-state index contributed by atoms with van der Waals surface area (Å²) in [5.41, 5.74) is 2.82. The molecule has 0 amide bonds. The van der Waals surface area contributed by atoms with E-state index in [1.54, 1.807) is 0 Å². The molecule has 1 unspecified atom stereocenters. The molecule has 0 spiro atoms. The minimum Gasteiger partial charge on any atom is -0.316 e. The second kappa shape index (κ2) is 3.91. The second-order valence-corrected chi connectivity index (χ2v) is 4.80. The van der Waals surface area contributed by atoms with E-state index in [9.17, 15) is 0 Å². The first kappa shape index (κ1) is 9.86. The quantitative estimate of drug-likeness (QED) is 0.763. The van der Waals surface area contributed by atoms with Gasteiger partial charge in [-0.1, -0.05) is 42.0 Å². The largest absolute Gasteiger partial charge is 0.316 e. The van der Waals surface area contributed by atoms with E-state index in [0.29, 0.717) is 5.92 Å². The van der Waals surface area contributed by atoms with Crippen molar-refractivity contribution in [3.63, 3.8) is 0 Å². The van der Waals surface area contributed by atoms with E-state index in [2.05, 4.69) is 48.6 Å². The molecule has 1 saturated heterocycles. The summed E-state index contributed by atoms with van der Waals surface area (Å²) in [7, 11) is 0. The van der Waals surface area contributed by atoms with Gasteiger partial charge in [0, 0.05) is 6.54 Å². The number of aryl methyl sites for hydroxylation is 1. The van der Waals surface area contributed by atoms with E-state index in [-0.39, 0.29) is 0 Å². The summed E-state index contributed by atoms with van der Waals surface area (Å²) >= 11 is 0. The number of nitrogens with one attached hydrogen (secondary N) is 1. The Morgan fingerprint density at radius 2 is 1.88 bits per heavy atom. The molecule has 2 aromatic carbocycles. The lowest BCUT2D eigenvalue weighted by atomic mass is 9.95. The molecule has 1 atom stereocenters. The Kier molecular flexibility index (Phi) is 2.41. The molecule has 1 N–H and O–H groups in total. The Morgan fingerprint density at radius 1 is 1.06 bits per heavy atom. The van der Waals surface area contributed by atoms with Crippen LogP contribution in [0.15, 0.2) is 36.4 Å². The van der Waals surface area contributed by atoms with Crippen LogP contribution >= 0.6 is 0 Å². The summed E-state index contributed by atoms with van der Waals surface area (Å²) in [6.07, 6.45) is 1.28. The molecule has 1 nitrogen and oxygen atoms in total. The third-order valence-corrected chi connectivity index (χ3v) is 3.55. The summed E-state index contributed by atoms with van der Waals surface area (Å²) in [5, 5.41) is 6.15. The van der Waals surface area contributed by atoms with Crippen LogP contribution in [0.2, 0.25) is 0 Å². The van der Waals surface area contributed by atoms with Crippen LogP contribution in [0.1, 0.15) is 23.5 Å². The molecule has 0 radical (unpaired) electrons. The van der Waals surface area contributed by atoms with Gasteiger partial charge in [0.1, 0.15) is 0 Å². The number of hydrogen-bond acceptors (Lipinski definition) is 1. The molecule has 0 aliphatic carbocycles. The van der Waals surface area contributed by atoms with Gasteiger partial charge in [0.2, 0.25) is 0 Å². The van der Waals surface area contributed by atoms with Crippen LogP contribution in [0.3, 0.4) is 0 Å². The maximum Gasteiger partial charge on any atom is 0.00206 e. The molecular formula is C15H17N. The van der Waals surface area contributed by atoms with Crippen LogP contribution in [0.5, 0.6) is 0 Å². The summed E-state index contributed by atoms with van der Waals surface area (Å²) in [4.78, 5) is 0. The van der Waals surface area contributed by atoms with E-state index >= 15 is 0 Å². The van der Waals surface area contributed by atoms with Gasteiger partial charge in [0.15, 0.2) is 0 Å². The predicted molar refractivity (Wildman–Crippen MR) is 68.9 cm³/mol. The summed E-state index contributed by atoms with van der Waals surface area (Å²) in [5.74, 6) is 0.714. The lowest BCUT2D eigenvalue weighted by Gasteiger charge is -2.10. The zero-order valence-corrected chi connectivity index (χ0v) is 9.66. The minimum absolute atomic E-state index is 0.714.